The highest BCUT2D eigenvalue weighted by Gasteiger charge is 2.18. The Kier molecular flexibility index (Phi) is 4.24. The molecule has 0 radical (unpaired) electrons. The van der Waals surface area contributed by atoms with E-state index < -0.39 is 0 Å². The molecule has 3 heterocycles. The molecule has 2 aliphatic rings. The molecule has 1 aromatic heterocycles. The van der Waals surface area contributed by atoms with E-state index >= 15 is 0 Å². The van der Waals surface area contributed by atoms with Crippen LogP contribution in [0.2, 0.25) is 0 Å². The van der Waals surface area contributed by atoms with Crippen LogP contribution in [0.4, 0.5) is 17.6 Å². The Bertz CT molecular complexity index is 674. The standard InChI is InChI=1S/C16H20N6/c17-14-13(7-6-12-5-4-8-19-11-12)15(21-16(18)20-14)22-9-2-1-3-10-22/h5,11H,1-4,8-10H2,(H4,17,18,20,21). The number of anilines is 3. The van der Waals surface area contributed by atoms with Gasteiger partial charge in [0.05, 0.1) is 0 Å². The van der Waals surface area contributed by atoms with E-state index in [1.807, 2.05) is 0 Å². The Morgan fingerprint density at radius 2 is 1.86 bits per heavy atom. The predicted octanol–water partition coefficient (Wildman–Crippen LogP) is 1.38. The average molecular weight is 296 g/mol. The van der Waals surface area contributed by atoms with E-state index in [1.54, 1.807) is 6.21 Å². The Hall–Kier alpha value is -2.55. The van der Waals surface area contributed by atoms with Gasteiger partial charge in [-0.2, -0.15) is 9.97 Å². The zero-order valence-corrected chi connectivity index (χ0v) is 12.5. The Morgan fingerprint density at radius 3 is 2.59 bits per heavy atom. The third kappa shape index (κ3) is 3.19. The number of nitrogens with two attached hydrogens (primary N) is 2. The summed E-state index contributed by atoms with van der Waals surface area (Å²) in [4.78, 5) is 14.9. The molecular weight excluding hydrogens is 276 g/mol. The van der Waals surface area contributed by atoms with Gasteiger partial charge in [0.1, 0.15) is 11.4 Å². The number of piperidine rings is 1. The lowest BCUT2D eigenvalue weighted by molar-refractivity contribution is 0.573. The largest absolute Gasteiger partial charge is 0.382 e. The molecule has 0 aliphatic carbocycles. The number of allylic oxidation sites excluding steroid dienone is 1. The van der Waals surface area contributed by atoms with E-state index in [2.05, 4.69) is 37.8 Å². The second kappa shape index (κ2) is 6.48. The van der Waals surface area contributed by atoms with Crippen LogP contribution in [0.1, 0.15) is 31.2 Å². The maximum atomic E-state index is 6.03. The molecule has 0 aromatic carbocycles. The quantitative estimate of drug-likeness (QED) is 0.764. The number of hydrogen-bond acceptors (Lipinski definition) is 6. The molecule has 0 bridgehead atoms. The van der Waals surface area contributed by atoms with E-state index in [0.717, 1.165) is 50.3 Å². The van der Waals surface area contributed by atoms with Gasteiger partial charge in [-0.1, -0.05) is 17.9 Å². The van der Waals surface area contributed by atoms with Crippen molar-refractivity contribution in [3.8, 4) is 11.8 Å². The lowest BCUT2D eigenvalue weighted by Gasteiger charge is -2.28. The Balaban J connectivity index is 1.97. The first-order valence-corrected chi connectivity index (χ1v) is 7.64. The van der Waals surface area contributed by atoms with Crippen LogP contribution in [-0.4, -0.2) is 35.8 Å². The van der Waals surface area contributed by atoms with E-state index in [-0.39, 0.29) is 5.95 Å². The molecule has 22 heavy (non-hydrogen) atoms. The fraction of sp³-hybridized carbons (Fsp3) is 0.438. The maximum Gasteiger partial charge on any atom is 0.224 e. The van der Waals surface area contributed by atoms with Crippen molar-refractivity contribution in [2.24, 2.45) is 4.99 Å². The third-order valence-corrected chi connectivity index (χ3v) is 3.78. The van der Waals surface area contributed by atoms with E-state index in [9.17, 15) is 0 Å². The molecule has 2 aliphatic heterocycles. The number of nitrogen functional groups attached to an aromatic ring is 2. The summed E-state index contributed by atoms with van der Waals surface area (Å²) in [6, 6.07) is 0. The summed E-state index contributed by atoms with van der Waals surface area (Å²) in [5, 5.41) is 0. The first-order chi connectivity index (χ1) is 10.7. The average Bonchev–Trinajstić information content (AvgIpc) is 2.55. The second-order valence-electron chi connectivity index (χ2n) is 5.45. The second-order valence-corrected chi connectivity index (χ2v) is 5.45. The molecule has 1 fully saturated rings. The van der Waals surface area contributed by atoms with Crippen molar-refractivity contribution in [2.45, 2.75) is 25.7 Å². The summed E-state index contributed by atoms with van der Waals surface area (Å²) >= 11 is 0. The molecule has 0 saturated carbocycles. The molecule has 3 rings (SSSR count). The zero-order chi connectivity index (χ0) is 15.4. The first-order valence-electron chi connectivity index (χ1n) is 7.64. The molecule has 0 atom stereocenters. The lowest BCUT2D eigenvalue weighted by atomic mass is 10.1. The van der Waals surface area contributed by atoms with Gasteiger partial charge in [0.2, 0.25) is 5.95 Å². The van der Waals surface area contributed by atoms with Crippen molar-refractivity contribution >= 4 is 23.8 Å². The van der Waals surface area contributed by atoms with Crippen LogP contribution in [0.25, 0.3) is 0 Å². The summed E-state index contributed by atoms with van der Waals surface area (Å²) in [7, 11) is 0. The van der Waals surface area contributed by atoms with Gasteiger partial charge in [0, 0.05) is 31.4 Å². The number of aromatic nitrogens is 2. The van der Waals surface area contributed by atoms with Crippen LogP contribution in [0.5, 0.6) is 0 Å². The minimum Gasteiger partial charge on any atom is -0.382 e. The van der Waals surface area contributed by atoms with Crippen molar-refractivity contribution in [1.29, 1.82) is 0 Å². The van der Waals surface area contributed by atoms with Gasteiger partial charge >= 0.3 is 0 Å². The van der Waals surface area contributed by atoms with Crippen molar-refractivity contribution in [1.82, 2.24) is 9.97 Å². The molecule has 6 nitrogen and oxygen atoms in total. The van der Waals surface area contributed by atoms with Gasteiger partial charge in [0.15, 0.2) is 5.82 Å². The number of nitrogens with zero attached hydrogens (tertiary/aromatic N) is 4. The van der Waals surface area contributed by atoms with Crippen molar-refractivity contribution in [3.63, 3.8) is 0 Å². The van der Waals surface area contributed by atoms with Crippen LogP contribution in [0.15, 0.2) is 16.6 Å². The number of hydrogen-bond donors (Lipinski definition) is 2. The Labute approximate surface area is 130 Å². The van der Waals surface area contributed by atoms with E-state index in [0.29, 0.717) is 11.4 Å². The van der Waals surface area contributed by atoms with Gasteiger partial charge in [-0.3, -0.25) is 4.99 Å². The minimum atomic E-state index is 0.196. The molecular formula is C16H20N6. The highest BCUT2D eigenvalue weighted by atomic mass is 15.2. The molecule has 6 heteroatoms. The number of dihydropyridines is 1. The van der Waals surface area contributed by atoms with Gasteiger partial charge < -0.3 is 16.4 Å². The number of rotatable bonds is 1. The van der Waals surface area contributed by atoms with Gasteiger partial charge in [-0.15, -0.1) is 0 Å². The molecule has 114 valence electrons. The van der Waals surface area contributed by atoms with Gasteiger partial charge in [0.25, 0.3) is 0 Å². The SMILES string of the molecule is Nc1nc(N)c(C#CC2=CCCN=C2)c(N2CCCCC2)n1. The van der Waals surface area contributed by atoms with Crippen LogP contribution >= 0.6 is 0 Å². The monoisotopic (exact) mass is 296 g/mol. The van der Waals surface area contributed by atoms with Crippen LogP contribution in [-0.2, 0) is 0 Å². The maximum absolute atomic E-state index is 6.03. The minimum absolute atomic E-state index is 0.196. The molecule has 0 amide bonds. The predicted molar refractivity (Wildman–Crippen MR) is 89.9 cm³/mol. The highest BCUT2D eigenvalue weighted by molar-refractivity contribution is 5.86. The first kappa shape index (κ1) is 14.4. The smallest absolute Gasteiger partial charge is 0.224 e. The molecule has 4 N–H and O–H groups in total. The third-order valence-electron chi connectivity index (χ3n) is 3.78. The van der Waals surface area contributed by atoms with Crippen LogP contribution in [0, 0.1) is 11.8 Å². The fourth-order valence-electron chi connectivity index (χ4n) is 2.67. The lowest BCUT2D eigenvalue weighted by Crippen LogP contribution is -2.31. The molecule has 1 aromatic rings. The van der Waals surface area contributed by atoms with Crippen molar-refractivity contribution < 1.29 is 0 Å². The van der Waals surface area contributed by atoms with Crippen molar-refractivity contribution in [2.75, 3.05) is 36.0 Å². The summed E-state index contributed by atoms with van der Waals surface area (Å²) in [5.74, 6) is 7.52. The van der Waals surface area contributed by atoms with E-state index in [1.165, 1.54) is 6.42 Å². The molecule has 0 spiro atoms. The summed E-state index contributed by atoms with van der Waals surface area (Å²) in [5.41, 5.74) is 13.4. The van der Waals surface area contributed by atoms with Gasteiger partial charge in [-0.25, -0.2) is 0 Å². The Morgan fingerprint density at radius 1 is 1.05 bits per heavy atom. The summed E-state index contributed by atoms with van der Waals surface area (Å²) in [6.45, 7) is 2.74. The topological polar surface area (TPSA) is 93.4 Å². The molecule has 0 unspecified atom stereocenters. The zero-order valence-electron chi connectivity index (χ0n) is 12.5. The normalized spacial score (nSPS) is 17.6. The molecule has 1 saturated heterocycles. The van der Waals surface area contributed by atoms with Crippen LogP contribution in [0.3, 0.4) is 0 Å². The van der Waals surface area contributed by atoms with Gasteiger partial charge in [-0.05, 0) is 25.7 Å². The number of aliphatic imine (C=N–C) groups is 1. The van der Waals surface area contributed by atoms with E-state index in [4.69, 9.17) is 11.5 Å². The summed E-state index contributed by atoms with van der Waals surface area (Å²) < 4.78 is 0. The van der Waals surface area contributed by atoms with Crippen LogP contribution < -0.4 is 16.4 Å². The fourth-order valence-corrected chi connectivity index (χ4v) is 2.67. The highest BCUT2D eigenvalue weighted by Crippen LogP contribution is 2.25. The summed E-state index contributed by atoms with van der Waals surface area (Å²) in [6.07, 6.45) is 8.34. The van der Waals surface area contributed by atoms with Crippen molar-refractivity contribution in [3.05, 3.63) is 17.2 Å².